The zero-order chi connectivity index (χ0) is 11.3. The summed E-state index contributed by atoms with van der Waals surface area (Å²) in [5.74, 6) is -0.190. The van der Waals surface area contributed by atoms with E-state index in [4.69, 9.17) is 5.11 Å². The molecule has 0 saturated heterocycles. The normalized spacial score (nSPS) is 10.0. The van der Waals surface area contributed by atoms with Crippen molar-refractivity contribution < 1.29 is 9.90 Å². The minimum Gasteiger partial charge on any atom is -0.395 e. The second-order valence-electron chi connectivity index (χ2n) is 3.19. The van der Waals surface area contributed by atoms with Crippen molar-refractivity contribution in [1.82, 2.24) is 14.5 Å². The Labute approximate surface area is 88.7 Å². The topological polar surface area (TPSA) is 58.4 Å². The molecule has 0 aromatic carbocycles. The first-order valence-electron chi connectivity index (χ1n) is 4.68. The highest BCUT2D eigenvalue weighted by atomic mass is 16.3. The van der Waals surface area contributed by atoms with Gasteiger partial charge in [0.05, 0.1) is 12.9 Å². The summed E-state index contributed by atoms with van der Waals surface area (Å²) in [5.41, 5.74) is 0.382. The molecule has 1 heterocycles. The number of amides is 1. The van der Waals surface area contributed by atoms with Crippen molar-refractivity contribution in [2.75, 3.05) is 19.7 Å². The van der Waals surface area contributed by atoms with Gasteiger partial charge in [-0.05, 0) is 0 Å². The van der Waals surface area contributed by atoms with Crippen LogP contribution in [0, 0.1) is 0 Å². The Morgan fingerprint density at radius 2 is 2.53 bits per heavy atom. The summed E-state index contributed by atoms with van der Waals surface area (Å²) in [6.07, 6.45) is 4.84. The summed E-state index contributed by atoms with van der Waals surface area (Å²) in [7, 11) is 1.80. The number of imidazole rings is 1. The Hall–Kier alpha value is -1.62. The molecule has 0 radical (unpaired) electrons. The average Bonchev–Trinajstić information content (AvgIpc) is 2.63. The largest absolute Gasteiger partial charge is 0.395 e. The van der Waals surface area contributed by atoms with Crippen molar-refractivity contribution in [2.24, 2.45) is 7.05 Å². The average molecular weight is 209 g/mol. The minimum atomic E-state index is -0.190. The first-order chi connectivity index (χ1) is 7.19. The number of hydrogen-bond acceptors (Lipinski definition) is 3. The van der Waals surface area contributed by atoms with Crippen LogP contribution in [0.25, 0.3) is 0 Å². The fourth-order valence-electron chi connectivity index (χ4n) is 1.24. The van der Waals surface area contributed by atoms with Crippen molar-refractivity contribution in [3.63, 3.8) is 0 Å². The van der Waals surface area contributed by atoms with Crippen LogP contribution in [-0.2, 0) is 7.05 Å². The van der Waals surface area contributed by atoms with Gasteiger partial charge in [-0.1, -0.05) is 6.08 Å². The standard InChI is InChI=1S/C10H15N3O2/c1-3-4-13(5-6-14)10(15)9-7-12(2)8-11-9/h3,7-8,14H,1,4-6H2,2H3. The smallest absolute Gasteiger partial charge is 0.274 e. The van der Waals surface area contributed by atoms with Gasteiger partial charge >= 0.3 is 0 Å². The number of aliphatic hydroxyl groups is 1. The summed E-state index contributed by atoms with van der Waals surface area (Å²) < 4.78 is 1.71. The number of rotatable bonds is 5. The van der Waals surface area contributed by atoms with Crippen LogP contribution in [0.1, 0.15) is 10.5 Å². The van der Waals surface area contributed by atoms with Gasteiger partial charge in [-0.2, -0.15) is 0 Å². The lowest BCUT2D eigenvalue weighted by atomic mass is 10.3. The van der Waals surface area contributed by atoms with Crippen molar-refractivity contribution in [2.45, 2.75) is 0 Å². The van der Waals surface area contributed by atoms with Crippen LogP contribution in [-0.4, -0.2) is 45.2 Å². The molecule has 82 valence electrons. The number of aliphatic hydroxyl groups excluding tert-OH is 1. The van der Waals surface area contributed by atoms with Gasteiger partial charge in [0.1, 0.15) is 5.69 Å². The van der Waals surface area contributed by atoms with Crippen LogP contribution in [0.15, 0.2) is 25.2 Å². The third-order valence-electron chi connectivity index (χ3n) is 1.93. The highest BCUT2D eigenvalue weighted by Crippen LogP contribution is 2.01. The Bertz CT molecular complexity index is 346. The molecule has 1 rings (SSSR count). The van der Waals surface area contributed by atoms with Crippen molar-refractivity contribution in [3.05, 3.63) is 30.9 Å². The van der Waals surface area contributed by atoms with Gasteiger partial charge in [-0.15, -0.1) is 6.58 Å². The molecule has 0 atom stereocenters. The Morgan fingerprint density at radius 1 is 1.80 bits per heavy atom. The molecule has 0 spiro atoms. The number of carbonyl (C=O) groups is 1. The number of carbonyl (C=O) groups excluding carboxylic acids is 1. The number of aryl methyl sites for hydroxylation is 1. The highest BCUT2D eigenvalue weighted by Gasteiger charge is 2.15. The maximum Gasteiger partial charge on any atom is 0.274 e. The molecule has 15 heavy (non-hydrogen) atoms. The quantitative estimate of drug-likeness (QED) is 0.697. The van der Waals surface area contributed by atoms with Crippen molar-refractivity contribution >= 4 is 5.91 Å². The monoisotopic (exact) mass is 209 g/mol. The molecule has 5 heteroatoms. The third kappa shape index (κ3) is 2.92. The number of aromatic nitrogens is 2. The van der Waals surface area contributed by atoms with Crippen molar-refractivity contribution in [3.8, 4) is 0 Å². The van der Waals surface area contributed by atoms with E-state index < -0.39 is 0 Å². The lowest BCUT2D eigenvalue weighted by Crippen LogP contribution is -2.33. The van der Waals surface area contributed by atoms with Crippen LogP contribution in [0.2, 0.25) is 0 Å². The molecule has 0 fully saturated rings. The van der Waals surface area contributed by atoms with Gasteiger partial charge in [0.2, 0.25) is 0 Å². The zero-order valence-corrected chi connectivity index (χ0v) is 8.76. The summed E-state index contributed by atoms with van der Waals surface area (Å²) >= 11 is 0. The predicted octanol–water partition coefficient (Wildman–Crippen LogP) is 0.0406. The Kier molecular flexibility index (Phi) is 4.05. The summed E-state index contributed by atoms with van der Waals surface area (Å²) in [4.78, 5) is 17.3. The van der Waals surface area contributed by atoms with Gasteiger partial charge < -0.3 is 14.6 Å². The molecule has 1 aromatic rings. The molecule has 0 aliphatic heterocycles. The van der Waals surface area contributed by atoms with E-state index in [2.05, 4.69) is 11.6 Å². The van der Waals surface area contributed by atoms with E-state index in [1.807, 2.05) is 0 Å². The van der Waals surface area contributed by atoms with E-state index >= 15 is 0 Å². The molecule has 0 bridgehead atoms. The van der Waals surface area contributed by atoms with E-state index in [-0.39, 0.29) is 12.5 Å². The summed E-state index contributed by atoms with van der Waals surface area (Å²) in [6, 6.07) is 0. The first kappa shape index (κ1) is 11.5. The fourth-order valence-corrected chi connectivity index (χ4v) is 1.24. The van der Waals surface area contributed by atoms with Crippen molar-refractivity contribution in [1.29, 1.82) is 0 Å². The molecule has 0 unspecified atom stereocenters. The molecular formula is C10H15N3O2. The molecule has 1 amide bonds. The molecule has 0 aliphatic carbocycles. The molecule has 1 aromatic heterocycles. The van der Waals surface area contributed by atoms with E-state index in [1.54, 1.807) is 30.2 Å². The lowest BCUT2D eigenvalue weighted by Gasteiger charge is -2.18. The molecule has 1 N–H and O–H groups in total. The lowest BCUT2D eigenvalue weighted by molar-refractivity contribution is 0.0737. The second-order valence-corrected chi connectivity index (χ2v) is 3.19. The number of nitrogens with zero attached hydrogens (tertiary/aromatic N) is 3. The SMILES string of the molecule is C=CCN(CCO)C(=O)c1cn(C)cn1. The van der Waals surface area contributed by atoms with E-state index in [0.717, 1.165) is 0 Å². The Morgan fingerprint density at radius 3 is 3.00 bits per heavy atom. The van der Waals surface area contributed by atoms with Gasteiger partial charge in [0.15, 0.2) is 0 Å². The van der Waals surface area contributed by atoms with E-state index in [1.165, 1.54) is 4.90 Å². The van der Waals surface area contributed by atoms with E-state index in [0.29, 0.717) is 18.8 Å². The van der Waals surface area contributed by atoms with Crippen LogP contribution in [0.3, 0.4) is 0 Å². The van der Waals surface area contributed by atoms with Crippen LogP contribution >= 0.6 is 0 Å². The van der Waals surface area contributed by atoms with Crippen LogP contribution < -0.4 is 0 Å². The fraction of sp³-hybridized carbons (Fsp3) is 0.400. The summed E-state index contributed by atoms with van der Waals surface area (Å²) in [5, 5.41) is 8.81. The maximum absolute atomic E-state index is 11.8. The maximum atomic E-state index is 11.8. The predicted molar refractivity (Wildman–Crippen MR) is 56.4 cm³/mol. The van der Waals surface area contributed by atoms with E-state index in [9.17, 15) is 4.79 Å². The van der Waals surface area contributed by atoms with Gasteiger partial charge in [0, 0.05) is 26.3 Å². The second kappa shape index (κ2) is 5.31. The summed E-state index contributed by atoms with van der Waals surface area (Å²) in [6.45, 7) is 4.21. The Balaban J connectivity index is 2.75. The van der Waals surface area contributed by atoms with Crippen LogP contribution in [0.5, 0.6) is 0 Å². The molecule has 0 saturated carbocycles. The van der Waals surface area contributed by atoms with Crippen LogP contribution in [0.4, 0.5) is 0 Å². The molecule has 0 aliphatic rings. The first-order valence-corrected chi connectivity index (χ1v) is 4.68. The highest BCUT2D eigenvalue weighted by molar-refractivity contribution is 5.92. The van der Waals surface area contributed by atoms with Gasteiger partial charge in [0.25, 0.3) is 5.91 Å². The zero-order valence-electron chi connectivity index (χ0n) is 8.76. The van der Waals surface area contributed by atoms with Gasteiger partial charge in [-0.25, -0.2) is 4.98 Å². The van der Waals surface area contributed by atoms with Gasteiger partial charge in [-0.3, -0.25) is 4.79 Å². The molecular weight excluding hydrogens is 194 g/mol. The number of hydrogen-bond donors (Lipinski definition) is 1. The minimum absolute atomic E-state index is 0.0631. The third-order valence-corrected chi connectivity index (χ3v) is 1.93. The molecule has 5 nitrogen and oxygen atoms in total.